The second-order valence-corrected chi connectivity index (χ2v) is 19.0. The van der Waals surface area contributed by atoms with Gasteiger partial charge >= 0.3 is 12.4 Å². The van der Waals surface area contributed by atoms with Crippen molar-refractivity contribution in [2.24, 2.45) is 5.89 Å². The van der Waals surface area contributed by atoms with Gasteiger partial charge in [-0.15, -0.1) is 0 Å². The number of likely N-dealkylation sites (N-methyl/N-ethyl adjacent to an activating group) is 2. The molecule has 2 saturated heterocycles. The molecule has 8 aromatic rings. The number of nitrogens with zero attached hydrogens (tertiary/aromatic N) is 10. The average Bonchev–Trinajstić information content (AvgIpc) is 4.18. The van der Waals surface area contributed by atoms with Crippen LogP contribution in [0.3, 0.4) is 0 Å². The van der Waals surface area contributed by atoms with Crippen LogP contribution in [0.4, 0.5) is 26.3 Å². The van der Waals surface area contributed by atoms with E-state index in [9.17, 15) is 31.1 Å². The predicted octanol–water partition coefficient (Wildman–Crippen LogP) is 13.3. The molecule has 3 atom stereocenters. The molecule has 0 radical (unpaired) electrons. The van der Waals surface area contributed by atoms with Gasteiger partial charge in [-0.25, -0.2) is 9.97 Å². The molecule has 1 unspecified atom stereocenters. The van der Waals surface area contributed by atoms with E-state index in [2.05, 4.69) is 36.8 Å². The van der Waals surface area contributed by atoms with Crippen molar-refractivity contribution in [1.82, 2.24) is 48.9 Å². The maximum Gasteiger partial charge on any atom is 0.417 e. The van der Waals surface area contributed by atoms with E-state index in [4.69, 9.17) is 93.6 Å². The Bertz CT molecular complexity index is 3630. The number of alkyl halides is 6. The van der Waals surface area contributed by atoms with E-state index in [-0.39, 0.29) is 113 Å². The van der Waals surface area contributed by atoms with Gasteiger partial charge in [0, 0.05) is 79.1 Å². The third-order valence-corrected chi connectivity index (χ3v) is 13.1. The third kappa shape index (κ3) is 11.0. The minimum absolute atomic E-state index is 0.0464. The van der Waals surface area contributed by atoms with Crippen LogP contribution in [0.5, 0.6) is 11.5 Å². The summed E-state index contributed by atoms with van der Waals surface area (Å²) in [7, 11) is 1.60. The topological polar surface area (TPSA) is 154 Å². The second-order valence-electron chi connectivity index (χ2n) is 16.6. The largest absolute Gasteiger partial charge is 0.487 e. The Kier molecular flexibility index (Phi) is 12.8. The quantitative estimate of drug-likeness (QED) is 0.133. The first-order valence-electron chi connectivity index (χ1n) is 23.2. The third-order valence-electron chi connectivity index (χ3n) is 11.3. The Morgan fingerprint density at radius 2 is 1.14 bits per heavy atom. The average molecular weight is 1140 g/mol. The van der Waals surface area contributed by atoms with Gasteiger partial charge in [0.1, 0.15) is 35.1 Å². The fraction of sp³-hybridized carbons (Fsp3) is 0.283. The number of hydrogen-bond donors (Lipinski definition) is 0. The molecule has 15 nitrogen and oxygen atoms in total. The van der Waals surface area contributed by atoms with Crippen LogP contribution in [0.2, 0.25) is 30.1 Å². The summed E-state index contributed by atoms with van der Waals surface area (Å²) < 4.78 is 135. The normalized spacial score (nSPS) is 19.6. The summed E-state index contributed by atoms with van der Waals surface area (Å²) in [6.45, 7) is 3.39. The van der Waals surface area contributed by atoms with Crippen molar-refractivity contribution in [1.29, 1.82) is 0 Å². The number of ether oxygens (including phenoxy) is 2. The molecule has 0 spiro atoms. The summed E-state index contributed by atoms with van der Waals surface area (Å²) >= 11 is 37.8. The first-order chi connectivity index (χ1) is 35.9. The summed E-state index contributed by atoms with van der Waals surface area (Å²) in [6.07, 6.45) is -4.68. The second kappa shape index (κ2) is 20.0. The van der Waals surface area contributed by atoms with E-state index >= 15 is 0 Å². The van der Waals surface area contributed by atoms with E-state index in [1.807, 2.05) is 0 Å². The molecule has 382 valence electrons. The highest BCUT2D eigenvalue weighted by Gasteiger charge is 2.35. The van der Waals surface area contributed by atoms with Gasteiger partial charge in [0.15, 0.2) is 11.3 Å². The number of halogens is 12. The Morgan fingerprint density at radius 3 is 1.59 bits per heavy atom. The minimum atomic E-state index is -4.59. The smallest absolute Gasteiger partial charge is 0.417 e. The number of carbonyl (C=O) groups is 1. The fourth-order valence-corrected chi connectivity index (χ4v) is 9.12. The highest BCUT2D eigenvalue weighted by atomic mass is 35.5. The van der Waals surface area contributed by atoms with Gasteiger partial charge in [0.2, 0.25) is 17.6 Å². The molecular formula is C46H34Cl6F6N10O5. The molecule has 0 saturated carbocycles. The molecular weight excluding hydrogens is 1100 g/mol. The standard InChI is InChI=1S/C23H17Cl3F3N5O3.C23H17Cl3F3N5O2/c1-10-3-12(8-33(2)22(10)35)36-18-6-14(24)13(5-15(18)25)19-31-21(37-32-19)17-9-34-7-11(23(27,28)29)4-16(26)20(34)30-17;1-11-3-4-13(9-33(11)2)35-19-7-15(24)14(6-16(19)25)20-31-22(36-32-20)18-10-34-8-12(23(27,28)29)5-17(26)21(34)30-18/h4-7,9-10,12H,3,8H2,1-2H3;5-8,10,13H,1,3-4,9H2,2H3/t10?,12-;13-/m11/s1/i10D;2D3. The summed E-state index contributed by atoms with van der Waals surface area (Å²) in [5, 5.41) is 8.09. The number of likely N-dealkylation sites (tertiary alicyclic amines) is 2. The molecule has 0 aliphatic carbocycles. The predicted molar refractivity (Wildman–Crippen MR) is 259 cm³/mol. The maximum atomic E-state index is 13.1. The lowest BCUT2D eigenvalue weighted by atomic mass is 9.97. The molecule has 6 aromatic heterocycles. The van der Waals surface area contributed by atoms with Gasteiger partial charge in [-0.1, -0.05) is 93.4 Å². The molecule has 73 heavy (non-hydrogen) atoms. The van der Waals surface area contributed by atoms with E-state index in [0.29, 0.717) is 29.7 Å². The summed E-state index contributed by atoms with van der Waals surface area (Å²) in [5.41, 5.74) is -0.419. The highest BCUT2D eigenvalue weighted by molar-refractivity contribution is 6.37. The molecule has 1 amide bonds. The number of carbonyl (C=O) groups excluding carboxylic acids is 1. The lowest BCUT2D eigenvalue weighted by Crippen LogP contribution is -2.46. The van der Waals surface area contributed by atoms with Crippen LogP contribution >= 0.6 is 69.6 Å². The van der Waals surface area contributed by atoms with E-state index < -0.39 is 48.6 Å². The Labute approximate surface area is 444 Å². The van der Waals surface area contributed by atoms with Crippen LogP contribution in [0, 0.1) is 5.89 Å². The van der Waals surface area contributed by atoms with Crippen molar-refractivity contribution in [3.63, 3.8) is 0 Å². The molecule has 27 heteroatoms. The molecule has 10 rings (SSSR count). The van der Waals surface area contributed by atoms with Crippen LogP contribution in [-0.4, -0.2) is 94.1 Å². The SMILES string of the molecule is [2H]C([2H])([2H])N1C[C@H](Oc2cc(Cl)c(-c3noc(-c4cn5cc(C(F)(F)F)cc(Cl)c5n4)n3)cc2Cl)CCC1=C.[2H]C1(C)C[C@@H](Oc2cc(Cl)c(-c3noc(-c4cn5cc(C(F)(F)F)cc(Cl)c5n4)n3)cc2Cl)CN(C)C1=O. The molecule has 2 aliphatic rings. The summed E-state index contributed by atoms with van der Waals surface area (Å²) in [5.74, 6) is -1.19. The fourth-order valence-electron chi connectivity index (χ4n) is 7.71. The number of hydrogen-bond acceptors (Lipinski definition) is 12. The highest BCUT2D eigenvalue weighted by Crippen LogP contribution is 2.41. The van der Waals surface area contributed by atoms with Crippen molar-refractivity contribution in [3.05, 3.63) is 115 Å². The summed E-state index contributed by atoms with van der Waals surface area (Å²) in [6, 6.07) is 7.43. The van der Waals surface area contributed by atoms with Gasteiger partial charge in [0.25, 0.3) is 11.8 Å². The van der Waals surface area contributed by atoms with E-state index in [1.54, 1.807) is 7.05 Å². The van der Waals surface area contributed by atoms with E-state index in [0.717, 1.165) is 33.3 Å². The first-order valence-corrected chi connectivity index (χ1v) is 23.4. The van der Waals surface area contributed by atoms with E-state index in [1.165, 1.54) is 53.4 Å². The number of amides is 1. The zero-order valence-corrected chi connectivity index (χ0v) is 41.8. The molecule has 2 aromatic carbocycles. The Hall–Kier alpha value is -5.97. The first kappa shape index (κ1) is 46.8. The summed E-state index contributed by atoms with van der Waals surface area (Å²) in [4.78, 5) is 31.7. The number of imidazole rings is 2. The van der Waals surface area contributed by atoms with Crippen molar-refractivity contribution >= 4 is 86.8 Å². The number of allylic oxidation sites excluding steroid dienone is 1. The van der Waals surface area contributed by atoms with Crippen LogP contribution in [0.25, 0.3) is 57.2 Å². The van der Waals surface area contributed by atoms with Crippen molar-refractivity contribution < 1.29 is 55.1 Å². The van der Waals surface area contributed by atoms with Crippen molar-refractivity contribution in [2.45, 2.75) is 50.7 Å². The van der Waals surface area contributed by atoms with Gasteiger partial charge in [-0.2, -0.15) is 36.3 Å². The number of fused-ring (bicyclic) bond motifs is 2. The number of piperidine rings is 2. The van der Waals surface area contributed by atoms with Gasteiger partial charge in [-0.3, -0.25) is 4.79 Å². The number of pyridine rings is 2. The van der Waals surface area contributed by atoms with Gasteiger partial charge in [-0.05, 0) is 43.5 Å². The minimum Gasteiger partial charge on any atom is -0.487 e. The Morgan fingerprint density at radius 1 is 0.671 bits per heavy atom. The lowest BCUT2D eigenvalue weighted by molar-refractivity contribution is -0.139. The van der Waals surface area contributed by atoms with Crippen molar-refractivity contribution in [2.75, 3.05) is 27.1 Å². The van der Waals surface area contributed by atoms with Crippen LogP contribution in [-0.2, 0) is 17.1 Å². The zero-order chi connectivity index (χ0) is 55.8. The molecule has 2 aliphatic heterocycles. The molecule has 2 fully saturated rings. The zero-order valence-electron chi connectivity index (χ0n) is 41.2. The number of aromatic nitrogens is 8. The number of rotatable bonds is 8. The number of benzene rings is 2. The maximum absolute atomic E-state index is 13.1. The monoisotopic (exact) mass is 1130 g/mol. The van der Waals surface area contributed by atoms with Crippen LogP contribution in [0.15, 0.2) is 82.5 Å². The van der Waals surface area contributed by atoms with Crippen molar-refractivity contribution in [3.8, 4) is 57.4 Å². The lowest BCUT2D eigenvalue weighted by Gasteiger charge is -2.33. The Balaban J connectivity index is 0.000000188. The van der Waals surface area contributed by atoms with Crippen LogP contribution < -0.4 is 9.47 Å². The van der Waals surface area contributed by atoms with Gasteiger partial charge < -0.3 is 37.1 Å². The molecule has 0 N–H and O–H groups in total. The molecule has 0 bridgehead atoms. The molecule has 8 heterocycles. The van der Waals surface area contributed by atoms with Crippen LogP contribution in [0.1, 0.15) is 42.8 Å². The van der Waals surface area contributed by atoms with Gasteiger partial charge in [0.05, 0.1) is 54.4 Å².